The summed E-state index contributed by atoms with van der Waals surface area (Å²) < 4.78 is 2.17. The van der Waals surface area contributed by atoms with Crippen molar-refractivity contribution in [1.29, 1.82) is 0 Å². The number of hydrogen-bond donors (Lipinski definition) is 1. The van der Waals surface area contributed by atoms with Crippen molar-refractivity contribution in [3.63, 3.8) is 0 Å². The average Bonchev–Trinajstić information content (AvgIpc) is 2.67. The molecule has 0 aromatic carbocycles. The molecule has 106 valence electrons. The van der Waals surface area contributed by atoms with Gasteiger partial charge in [-0.15, -0.1) is 0 Å². The molecule has 1 aromatic heterocycles. The zero-order valence-electron chi connectivity index (χ0n) is 12.1. The van der Waals surface area contributed by atoms with Gasteiger partial charge in [0.15, 0.2) is 5.78 Å². The van der Waals surface area contributed by atoms with Gasteiger partial charge >= 0.3 is 0 Å². The number of likely N-dealkylation sites (tertiary alicyclic amines) is 1. The van der Waals surface area contributed by atoms with Gasteiger partial charge in [-0.3, -0.25) is 9.69 Å². The lowest BCUT2D eigenvalue weighted by atomic mass is 10.1. The molecular formula is C15H24N2O2. The predicted molar refractivity (Wildman–Crippen MR) is 75.6 cm³/mol. The molecule has 0 bridgehead atoms. The topological polar surface area (TPSA) is 45.5 Å². The fourth-order valence-electron chi connectivity index (χ4n) is 2.94. The SMILES string of the molecule is CCn1c(C)cc(C(=O)CN2CCC(O)CC2)c1C. The maximum Gasteiger partial charge on any atom is 0.178 e. The van der Waals surface area contributed by atoms with Crippen LogP contribution in [0.2, 0.25) is 0 Å². The Kier molecular flexibility index (Phi) is 4.42. The molecule has 0 amide bonds. The van der Waals surface area contributed by atoms with Crippen molar-refractivity contribution in [3.05, 3.63) is 23.0 Å². The van der Waals surface area contributed by atoms with Crippen LogP contribution in [-0.2, 0) is 6.54 Å². The Morgan fingerprint density at radius 2 is 2.00 bits per heavy atom. The molecule has 2 heterocycles. The Labute approximate surface area is 115 Å². The second kappa shape index (κ2) is 5.88. The monoisotopic (exact) mass is 264 g/mol. The second-order valence-corrected chi connectivity index (χ2v) is 5.46. The van der Waals surface area contributed by atoms with Gasteiger partial charge in [0.1, 0.15) is 0 Å². The fourth-order valence-corrected chi connectivity index (χ4v) is 2.94. The summed E-state index contributed by atoms with van der Waals surface area (Å²) in [6.45, 7) is 9.18. The number of carbonyl (C=O) groups is 1. The molecule has 1 aromatic rings. The minimum atomic E-state index is -0.184. The van der Waals surface area contributed by atoms with Crippen LogP contribution in [0.5, 0.6) is 0 Å². The number of ketones is 1. The molecule has 4 heteroatoms. The molecule has 1 N–H and O–H groups in total. The van der Waals surface area contributed by atoms with Gasteiger partial charge in [-0.1, -0.05) is 0 Å². The van der Waals surface area contributed by atoms with E-state index >= 15 is 0 Å². The molecule has 0 radical (unpaired) electrons. The number of Topliss-reactive ketones (excluding diaryl/α,β-unsaturated/α-hetero) is 1. The first-order valence-corrected chi connectivity index (χ1v) is 7.13. The van der Waals surface area contributed by atoms with Crippen molar-refractivity contribution in [2.24, 2.45) is 0 Å². The van der Waals surface area contributed by atoms with Crippen molar-refractivity contribution in [2.75, 3.05) is 19.6 Å². The first-order valence-electron chi connectivity index (χ1n) is 7.13. The van der Waals surface area contributed by atoms with Crippen molar-refractivity contribution in [3.8, 4) is 0 Å². The predicted octanol–water partition coefficient (Wildman–Crippen LogP) is 1.76. The van der Waals surface area contributed by atoms with Crippen LogP contribution in [0, 0.1) is 13.8 Å². The molecule has 4 nitrogen and oxygen atoms in total. The fraction of sp³-hybridized carbons (Fsp3) is 0.667. The van der Waals surface area contributed by atoms with E-state index in [1.807, 2.05) is 19.9 Å². The first kappa shape index (κ1) is 14.3. The van der Waals surface area contributed by atoms with E-state index in [1.54, 1.807) is 0 Å². The van der Waals surface area contributed by atoms with E-state index in [2.05, 4.69) is 16.4 Å². The highest BCUT2D eigenvalue weighted by atomic mass is 16.3. The Morgan fingerprint density at radius 3 is 2.53 bits per heavy atom. The molecule has 1 aliphatic rings. The summed E-state index contributed by atoms with van der Waals surface area (Å²) in [4.78, 5) is 14.5. The third-order valence-electron chi connectivity index (χ3n) is 4.11. The number of aliphatic hydroxyl groups excluding tert-OH is 1. The summed E-state index contributed by atoms with van der Waals surface area (Å²) in [6, 6.07) is 2.00. The number of carbonyl (C=O) groups excluding carboxylic acids is 1. The van der Waals surface area contributed by atoms with E-state index in [0.29, 0.717) is 6.54 Å². The number of rotatable bonds is 4. The van der Waals surface area contributed by atoms with Crippen molar-refractivity contribution in [1.82, 2.24) is 9.47 Å². The lowest BCUT2D eigenvalue weighted by molar-refractivity contribution is 0.0710. The van der Waals surface area contributed by atoms with Gasteiger partial charge in [0.05, 0.1) is 12.6 Å². The van der Waals surface area contributed by atoms with Crippen LogP contribution in [0.3, 0.4) is 0 Å². The average molecular weight is 264 g/mol. The number of aliphatic hydroxyl groups is 1. The Hall–Kier alpha value is -1.13. The summed E-state index contributed by atoms with van der Waals surface area (Å²) in [5.41, 5.74) is 3.07. The largest absolute Gasteiger partial charge is 0.393 e. The van der Waals surface area contributed by atoms with Crippen LogP contribution in [-0.4, -0.2) is 46.1 Å². The minimum Gasteiger partial charge on any atom is -0.393 e. The second-order valence-electron chi connectivity index (χ2n) is 5.46. The number of hydrogen-bond acceptors (Lipinski definition) is 3. The van der Waals surface area contributed by atoms with Crippen LogP contribution in [0.15, 0.2) is 6.07 Å². The first-order chi connectivity index (χ1) is 9.02. The molecule has 0 spiro atoms. The summed E-state index contributed by atoms with van der Waals surface area (Å²) in [7, 11) is 0. The van der Waals surface area contributed by atoms with Crippen LogP contribution >= 0.6 is 0 Å². The van der Waals surface area contributed by atoms with E-state index in [4.69, 9.17) is 0 Å². The number of piperidine rings is 1. The lowest BCUT2D eigenvalue weighted by Gasteiger charge is -2.28. The molecule has 1 saturated heterocycles. The van der Waals surface area contributed by atoms with Crippen LogP contribution in [0.1, 0.15) is 41.5 Å². The molecule has 19 heavy (non-hydrogen) atoms. The van der Waals surface area contributed by atoms with E-state index < -0.39 is 0 Å². The normalized spacial score (nSPS) is 17.9. The Morgan fingerprint density at radius 1 is 1.37 bits per heavy atom. The highest BCUT2D eigenvalue weighted by Crippen LogP contribution is 2.17. The molecule has 2 rings (SSSR count). The number of aryl methyl sites for hydroxylation is 1. The molecule has 0 saturated carbocycles. The van der Waals surface area contributed by atoms with Crippen LogP contribution < -0.4 is 0 Å². The van der Waals surface area contributed by atoms with Crippen molar-refractivity contribution in [2.45, 2.75) is 46.3 Å². The summed E-state index contributed by atoms with van der Waals surface area (Å²) >= 11 is 0. The number of nitrogens with zero attached hydrogens (tertiary/aromatic N) is 2. The summed E-state index contributed by atoms with van der Waals surface area (Å²) in [5, 5.41) is 9.48. The Bertz CT molecular complexity index is 457. The lowest BCUT2D eigenvalue weighted by Crippen LogP contribution is -2.39. The van der Waals surface area contributed by atoms with Gasteiger partial charge in [0.25, 0.3) is 0 Å². The quantitative estimate of drug-likeness (QED) is 0.843. The molecular weight excluding hydrogens is 240 g/mol. The molecule has 1 aliphatic heterocycles. The van der Waals surface area contributed by atoms with Crippen LogP contribution in [0.25, 0.3) is 0 Å². The maximum atomic E-state index is 12.4. The Balaban J connectivity index is 2.04. The molecule has 0 atom stereocenters. The van der Waals surface area contributed by atoms with Gasteiger partial charge in [-0.05, 0) is 39.7 Å². The van der Waals surface area contributed by atoms with Crippen LogP contribution in [0.4, 0.5) is 0 Å². The van der Waals surface area contributed by atoms with Gasteiger partial charge in [-0.25, -0.2) is 0 Å². The van der Waals surface area contributed by atoms with Gasteiger partial charge in [0, 0.05) is 36.6 Å². The smallest absolute Gasteiger partial charge is 0.178 e. The zero-order valence-corrected chi connectivity index (χ0v) is 12.1. The standard InChI is InChI=1S/C15H24N2O2/c1-4-17-11(2)9-14(12(17)3)15(19)10-16-7-5-13(18)6-8-16/h9,13,18H,4-8,10H2,1-3H3. The van der Waals surface area contributed by atoms with Gasteiger partial charge in [-0.2, -0.15) is 0 Å². The summed E-state index contributed by atoms with van der Waals surface area (Å²) in [5.74, 6) is 0.198. The third kappa shape index (κ3) is 3.07. The van der Waals surface area contributed by atoms with E-state index in [-0.39, 0.29) is 11.9 Å². The van der Waals surface area contributed by atoms with E-state index in [9.17, 15) is 9.90 Å². The number of aromatic nitrogens is 1. The highest BCUT2D eigenvalue weighted by Gasteiger charge is 2.21. The molecule has 0 unspecified atom stereocenters. The molecule has 0 aliphatic carbocycles. The highest BCUT2D eigenvalue weighted by molar-refractivity contribution is 5.99. The zero-order chi connectivity index (χ0) is 14.0. The van der Waals surface area contributed by atoms with Crippen molar-refractivity contribution < 1.29 is 9.90 Å². The van der Waals surface area contributed by atoms with E-state index in [1.165, 1.54) is 0 Å². The minimum absolute atomic E-state index is 0.184. The van der Waals surface area contributed by atoms with Gasteiger partial charge < -0.3 is 9.67 Å². The summed E-state index contributed by atoms with van der Waals surface area (Å²) in [6.07, 6.45) is 1.37. The maximum absolute atomic E-state index is 12.4. The third-order valence-corrected chi connectivity index (χ3v) is 4.11. The van der Waals surface area contributed by atoms with Gasteiger partial charge in [0.2, 0.25) is 0 Å². The molecule has 1 fully saturated rings. The van der Waals surface area contributed by atoms with E-state index in [0.717, 1.165) is 49.4 Å². The van der Waals surface area contributed by atoms with Crippen molar-refractivity contribution >= 4 is 5.78 Å².